The van der Waals surface area contributed by atoms with Crippen molar-refractivity contribution in [2.75, 3.05) is 0 Å². The summed E-state index contributed by atoms with van der Waals surface area (Å²) in [5.41, 5.74) is 4.42. The predicted molar refractivity (Wildman–Crippen MR) is 98.5 cm³/mol. The smallest absolute Gasteiger partial charge is 0.0845 e. The van der Waals surface area contributed by atoms with Crippen LogP contribution in [0, 0.1) is 5.92 Å². The molecule has 2 aromatic carbocycles. The first-order chi connectivity index (χ1) is 10.6. The fourth-order valence-corrected chi connectivity index (χ4v) is 3.50. The van der Waals surface area contributed by atoms with Gasteiger partial charge in [0.15, 0.2) is 0 Å². The Bertz CT molecular complexity index is 734. The summed E-state index contributed by atoms with van der Waals surface area (Å²) in [4.78, 5) is 6.03. The maximum absolute atomic E-state index is 6.23. The van der Waals surface area contributed by atoms with Crippen LogP contribution >= 0.6 is 23.8 Å². The maximum atomic E-state index is 6.23. The third kappa shape index (κ3) is 2.99. The quantitative estimate of drug-likeness (QED) is 0.697. The summed E-state index contributed by atoms with van der Waals surface area (Å²) >= 11 is 11.9. The molecule has 1 aliphatic heterocycles. The van der Waals surface area contributed by atoms with Crippen molar-refractivity contribution < 1.29 is 0 Å². The lowest BCUT2D eigenvalue weighted by Crippen LogP contribution is -2.24. The molecule has 112 valence electrons. The minimum atomic E-state index is 0.0661. The number of thiocarbonyl (C=S) groups is 1. The van der Waals surface area contributed by atoms with Crippen LogP contribution in [-0.4, -0.2) is 16.6 Å². The van der Waals surface area contributed by atoms with Gasteiger partial charge in [-0.3, -0.25) is 4.99 Å². The van der Waals surface area contributed by atoms with Crippen LogP contribution in [0.25, 0.3) is 0 Å². The van der Waals surface area contributed by atoms with Crippen LogP contribution in [-0.2, 0) is 6.42 Å². The summed E-state index contributed by atoms with van der Waals surface area (Å²) in [7, 11) is 0. The van der Waals surface area contributed by atoms with Gasteiger partial charge in [0, 0.05) is 27.4 Å². The highest BCUT2D eigenvalue weighted by atomic mass is 35.5. The zero-order valence-electron chi connectivity index (χ0n) is 12.7. The van der Waals surface area contributed by atoms with E-state index in [1.165, 1.54) is 5.56 Å². The summed E-state index contributed by atoms with van der Waals surface area (Å²) in [5.74, 6) is 0.385. The van der Waals surface area contributed by atoms with Gasteiger partial charge in [0.1, 0.15) is 0 Å². The second-order valence-corrected chi connectivity index (χ2v) is 6.94. The number of nitrogens with zero attached hydrogens (tertiary/aromatic N) is 1. The fraction of sp³-hybridized carbons (Fsp3) is 0.263. The van der Waals surface area contributed by atoms with E-state index in [4.69, 9.17) is 28.8 Å². The number of halogens is 1. The van der Waals surface area contributed by atoms with Crippen LogP contribution < -0.4 is 0 Å². The monoisotopic (exact) mass is 327 g/mol. The molecule has 0 spiro atoms. The van der Waals surface area contributed by atoms with E-state index in [-0.39, 0.29) is 6.04 Å². The molecule has 1 atom stereocenters. The van der Waals surface area contributed by atoms with Crippen molar-refractivity contribution in [1.29, 1.82) is 0 Å². The molecule has 0 bridgehead atoms. The Hall–Kier alpha value is -1.51. The Balaban J connectivity index is 2.23. The molecule has 1 nitrogen and oxygen atoms in total. The average molecular weight is 328 g/mol. The molecule has 2 aromatic rings. The van der Waals surface area contributed by atoms with Gasteiger partial charge in [-0.25, -0.2) is 0 Å². The number of hydrogen-bond donors (Lipinski definition) is 0. The van der Waals surface area contributed by atoms with E-state index in [1.54, 1.807) is 0 Å². The van der Waals surface area contributed by atoms with Gasteiger partial charge in [0.2, 0.25) is 0 Å². The second-order valence-electron chi connectivity index (χ2n) is 5.98. The van der Waals surface area contributed by atoms with Crippen molar-refractivity contribution in [1.82, 2.24) is 0 Å². The van der Waals surface area contributed by atoms with E-state index in [1.807, 2.05) is 30.3 Å². The summed E-state index contributed by atoms with van der Waals surface area (Å²) in [6.07, 6.45) is 0.782. The van der Waals surface area contributed by atoms with Gasteiger partial charge in [-0.15, -0.1) is 0 Å². The van der Waals surface area contributed by atoms with Gasteiger partial charge in [-0.2, -0.15) is 0 Å². The van der Waals surface area contributed by atoms with Gasteiger partial charge in [0.25, 0.3) is 0 Å². The number of benzene rings is 2. The molecule has 0 N–H and O–H groups in total. The van der Waals surface area contributed by atoms with Crippen LogP contribution in [0.4, 0.5) is 0 Å². The van der Waals surface area contributed by atoms with E-state index in [2.05, 4.69) is 32.0 Å². The van der Waals surface area contributed by atoms with Gasteiger partial charge < -0.3 is 0 Å². The third-order valence-electron chi connectivity index (χ3n) is 3.97. The first kappa shape index (κ1) is 15.4. The molecule has 0 amide bonds. The van der Waals surface area contributed by atoms with Gasteiger partial charge in [-0.05, 0) is 23.6 Å². The topological polar surface area (TPSA) is 12.4 Å². The largest absolute Gasteiger partial charge is 0.275 e. The Morgan fingerprint density at radius 2 is 1.86 bits per heavy atom. The first-order valence-corrected chi connectivity index (χ1v) is 8.29. The number of aliphatic imine (C=N–C) groups is 1. The second kappa shape index (κ2) is 6.31. The molecule has 0 aromatic heterocycles. The van der Waals surface area contributed by atoms with E-state index in [0.29, 0.717) is 5.92 Å². The first-order valence-electron chi connectivity index (χ1n) is 7.51. The SMILES string of the molecule is CC(C)[C@@H]1N=C(c2ccccc2)c2cc(Cl)ccc2CC1=S. The lowest BCUT2D eigenvalue weighted by atomic mass is 9.95. The number of rotatable bonds is 2. The minimum absolute atomic E-state index is 0.0661. The Morgan fingerprint density at radius 3 is 2.55 bits per heavy atom. The molecule has 22 heavy (non-hydrogen) atoms. The van der Waals surface area contributed by atoms with Crippen molar-refractivity contribution in [3.05, 3.63) is 70.2 Å². The standard InChI is InChI=1S/C19H18ClNS/c1-12(2)18-17(22)10-14-8-9-15(20)11-16(14)19(21-18)13-6-4-3-5-7-13/h3-9,11-12,18H,10H2,1-2H3/t18-/m0/s1. The van der Waals surface area contributed by atoms with Crippen molar-refractivity contribution in [3.63, 3.8) is 0 Å². The van der Waals surface area contributed by atoms with E-state index in [9.17, 15) is 0 Å². The van der Waals surface area contributed by atoms with Crippen molar-refractivity contribution >= 4 is 34.4 Å². The van der Waals surface area contributed by atoms with E-state index >= 15 is 0 Å². The van der Waals surface area contributed by atoms with Crippen LogP contribution in [0.5, 0.6) is 0 Å². The molecular weight excluding hydrogens is 310 g/mol. The zero-order valence-corrected chi connectivity index (χ0v) is 14.3. The third-order valence-corrected chi connectivity index (χ3v) is 4.59. The molecule has 0 fully saturated rings. The number of hydrogen-bond acceptors (Lipinski definition) is 2. The molecule has 1 heterocycles. The van der Waals surface area contributed by atoms with Gasteiger partial charge in [0.05, 0.1) is 11.8 Å². The zero-order chi connectivity index (χ0) is 15.7. The Labute approximate surface area is 142 Å². The lowest BCUT2D eigenvalue weighted by molar-refractivity contribution is 0.599. The molecule has 0 saturated carbocycles. The van der Waals surface area contributed by atoms with Gasteiger partial charge >= 0.3 is 0 Å². The highest BCUT2D eigenvalue weighted by Crippen LogP contribution is 2.27. The molecule has 3 heteroatoms. The van der Waals surface area contributed by atoms with Crippen molar-refractivity contribution in [2.24, 2.45) is 10.9 Å². The maximum Gasteiger partial charge on any atom is 0.0845 e. The molecule has 0 unspecified atom stereocenters. The normalized spacial score (nSPS) is 17.9. The highest BCUT2D eigenvalue weighted by Gasteiger charge is 2.25. The van der Waals surface area contributed by atoms with Crippen LogP contribution in [0.2, 0.25) is 5.02 Å². The van der Waals surface area contributed by atoms with Crippen LogP contribution in [0.15, 0.2) is 53.5 Å². The van der Waals surface area contributed by atoms with Gasteiger partial charge in [-0.1, -0.05) is 74.1 Å². The van der Waals surface area contributed by atoms with E-state index < -0.39 is 0 Å². The molecule has 3 rings (SSSR count). The van der Waals surface area contributed by atoms with E-state index in [0.717, 1.165) is 33.1 Å². The Morgan fingerprint density at radius 1 is 1.14 bits per heavy atom. The van der Waals surface area contributed by atoms with Crippen molar-refractivity contribution in [2.45, 2.75) is 26.3 Å². The molecule has 1 aliphatic rings. The highest BCUT2D eigenvalue weighted by molar-refractivity contribution is 7.80. The van der Waals surface area contributed by atoms with Crippen LogP contribution in [0.3, 0.4) is 0 Å². The summed E-state index contributed by atoms with van der Waals surface area (Å²) in [6.45, 7) is 4.35. The molecular formula is C19H18ClNS. The molecule has 0 saturated heterocycles. The van der Waals surface area contributed by atoms with Crippen molar-refractivity contribution in [3.8, 4) is 0 Å². The summed E-state index contributed by atoms with van der Waals surface area (Å²) < 4.78 is 0. The lowest BCUT2D eigenvalue weighted by Gasteiger charge is -2.16. The molecule has 0 aliphatic carbocycles. The summed E-state index contributed by atoms with van der Waals surface area (Å²) in [6, 6.07) is 16.4. The Kier molecular flexibility index (Phi) is 4.42. The van der Waals surface area contributed by atoms with Crippen LogP contribution in [0.1, 0.15) is 30.5 Å². The predicted octanol–water partition coefficient (Wildman–Crippen LogP) is 5.13. The fourth-order valence-electron chi connectivity index (χ4n) is 2.84. The average Bonchev–Trinajstić information content (AvgIpc) is 2.64. The number of fused-ring (bicyclic) bond motifs is 1. The summed E-state index contributed by atoms with van der Waals surface area (Å²) in [5, 5.41) is 0.733. The molecule has 0 radical (unpaired) electrons. The minimum Gasteiger partial charge on any atom is -0.275 e.